The van der Waals surface area contributed by atoms with Gasteiger partial charge in [0.05, 0.1) is 10.9 Å². The van der Waals surface area contributed by atoms with Gasteiger partial charge in [0.15, 0.2) is 0 Å². The lowest BCUT2D eigenvalue weighted by atomic mass is 10.1. The van der Waals surface area contributed by atoms with Gasteiger partial charge in [-0.1, -0.05) is 11.6 Å². The molecule has 2 aromatic rings. The van der Waals surface area contributed by atoms with Crippen molar-refractivity contribution >= 4 is 33.0 Å². The van der Waals surface area contributed by atoms with Gasteiger partial charge in [-0.2, -0.15) is 9.57 Å². The van der Waals surface area contributed by atoms with Crippen molar-refractivity contribution in [3.8, 4) is 11.9 Å². The Morgan fingerprint density at radius 2 is 2.17 bits per heavy atom. The Labute approximate surface area is 148 Å². The van der Waals surface area contributed by atoms with E-state index in [0.29, 0.717) is 23.7 Å². The Kier molecular flexibility index (Phi) is 5.01. The summed E-state index contributed by atoms with van der Waals surface area (Å²) in [7, 11) is -3.60. The fraction of sp³-hybridized carbons (Fsp3) is 0.357. The summed E-state index contributed by atoms with van der Waals surface area (Å²) in [6.07, 6.45) is 3.79. The van der Waals surface area contributed by atoms with Crippen LogP contribution in [0.4, 0.5) is 0 Å². The molecule has 0 aliphatic carbocycles. The molecule has 24 heavy (non-hydrogen) atoms. The average Bonchev–Trinajstić information content (AvgIpc) is 3.03. The third kappa shape index (κ3) is 3.52. The number of hydrogen-bond acceptors (Lipinski definition) is 7. The highest BCUT2D eigenvalue weighted by Crippen LogP contribution is 2.30. The highest BCUT2D eigenvalue weighted by Gasteiger charge is 2.32. The van der Waals surface area contributed by atoms with Crippen LogP contribution in [0.5, 0.6) is 5.88 Å². The molecule has 10 heteroatoms. The number of piperidine rings is 1. The van der Waals surface area contributed by atoms with E-state index in [1.165, 1.54) is 22.8 Å². The van der Waals surface area contributed by atoms with Gasteiger partial charge in [-0.3, -0.25) is 0 Å². The molecule has 0 aromatic carbocycles. The predicted molar refractivity (Wildman–Crippen MR) is 88.5 cm³/mol. The molecule has 1 atom stereocenters. The number of ether oxygens (including phenoxy) is 1. The van der Waals surface area contributed by atoms with Crippen LogP contribution in [-0.2, 0) is 10.0 Å². The maximum Gasteiger partial charge on any atom is 0.252 e. The van der Waals surface area contributed by atoms with Crippen LogP contribution in [0.3, 0.4) is 0 Å². The Morgan fingerprint density at radius 3 is 2.88 bits per heavy atom. The van der Waals surface area contributed by atoms with E-state index in [0.717, 1.165) is 11.3 Å². The van der Waals surface area contributed by atoms with Crippen molar-refractivity contribution in [2.45, 2.75) is 23.2 Å². The summed E-state index contributed by atoms with van der Waals surface area (Å²) >= 11 is 6.87. The SMILES string of the molecule is N#Cc1nccnc1OC1CCCN(S(=O)(=O)c2ccc(Cl)s2)C1. The molecular formula is C14H13ClN4O3S2. The van der Waals surface area contributed by atoms with E-state index in [1.807, 2.05) is 6.07 Å². The molecule has 0 N–H and O–H groups in total. The molecule has 1 unspecified atom stereocenters. The van der Waals surface area contributed by atoms with Gasteiger partial charge >= 0.3 is 0 Å². The lowest BCUT2D eigenvalue weighted by molar-refractivity contribution is 0.124. The number of aromatic nitrogens is 2. The molecule has 3 rings (SSSR count). The Morgan fingerprint density at radius 1 is 1.38 bits per heavy atom. The van der Waals surface area contributed by atoms with E-state index < -0.39 is 10.0 Å². The molecule has 0 bridgehead atoms. The van der Waals surface area contributed by atoms with Gasteiger partial charge in [0.2, 0.25) is 5.69 Å². The fourth-order valence-corrected chi connectivity index (χ4v) is 5.58. The van der Waals surface area contributed by atoms with E-state index in [1.54, 1.807) is 6.07 Å². The number of rotatable bonds is 4. The minimum atomic E-state index is -3.60. The maximum atomic E-state index is 12.7. The zero-order valence-electron chi connectivity index (χ0n) is 12.4. The van der Waals surface area contributed by atoms with E-state index in [4.69, 9.17) is 21.6 Å². The minimum absolute atomic E-state index is 0.0857. The standard InChI is InChI=1S/C14H13ClN4O3S2/c15-12-3-4-13(23-12)24(20,21)19-7-1-2-10(9-19)22-14-11(8-16)17-5-6-18-14/h3-6,10H,1-2,7,9H2. The number of thiophene rings is 1. The lowest BCUT2D eigenvalue weighted by Gasteiger charge is -2.31. The number of nitrogens with zero attached hydrogens (tertiary/aromatic N) is 4. The summed E-state index contributed by atoms with van der Waals surface area (Å²) in [6.45, 7) is 0.614. The van der Waals surface area contributed by atoms with Crippen LogP contribution in [0.25, 0.3) is 0 Å². The van der Waals surface area contributed by atoms with E-state index >= 15 is 0 Å². The molecule has 3 heterocycles. The summed E-state index contributed by atoms with van der Waals surface area (Å²) in [6, 6.07) is 4.98. The maximum absolute atomic E-state index is 12.7. The Bertz CT molecular complexity index is 878. The van der Waals surface area contributed by atoms with E-state index in [2.05, 4.69) is 9.97 Å². The van der Waals surface area contributed by atoms with E-state index in [9.17, 15) is 8.42 Å². The van der Waals surface area contributed by atoms with Crippen LogP contribution in [0.1, 0.15) is 18.5 Å². The number of halogens is 1. The first kappa shape index (κ1) is 17.1. The van der Waals surface area contributed by atoms with Crippen molar-refractivity contribution in [2.24, 2.45) is 0 Å². The van der Waals surface area contributed by atoms with Gasteiger partial charge in [0.1, 0.15) is 16.4 Å². The topological polar surface area (TPSA) is 96.2 Å². The van der Waals surface area contributed by atoms with Gasteiger partial charge in [0.25, 0.3) is 15.9 Å². The molecule has 0 saturated carbocycles. The largest absolute Gasteiger partial charge is 0.471 e. The summed E-state index contributed by atoms with van der Waals surface area (Å²) in [5.74, 6) is 0.128. The highest BCUT2D eigenvalue weighted by atomic mass is 35.5. The number of nitriles is 1. The van der Waals surface area contributed by atoms with Crippen molar-refractivity contribution in [3.05, 3.63) is 34.6 Å². The van der Waals surface area contributed by atoms with Crippen LogP contribution in [-0.4, -0.2) is 41.9 Å². The van der Waals surface area contributed by atoms with Crippen LogP contribution in [0.15, 0.2) is 28.7 Å². The second kappa shape index (κ2) is 7.03. The molecule has 0 spiro atoms. The summed E-state index contributed by atoms with van der Waals surface area (Å²) in [4.78, 5) is 7.89. The minimum Gasteiger partial charge on any atom is -0.471 e. The van der Waals surface area contributed by atoms with Crippen LogP contribution >= 0.6 is 22.9 Å². The monoisotopic (exact) mass is 384 g/mol. The van der Waals surface area contributed by atoms with Crippen molar-refractivity contribution < 1.29 is 13.2 Å². The molecule has 0 amide bonds. The smallest absolute Gasteiger partial charge is 0.252 e. The molecule has 7 nitrogen and oxygen atoms in total. The first-order valence-corrected chi connectivity index (χ1v) is 9.77. The first-order chi connectivity index (χ1) is 11.5. The summed E-state index contributed by atoms with van der Waals surface area (Å²) < 4.78 is 33.1. The molecule has 1 aliphatic rings. The Hall–Kier alpha value is -1.73. The second-order valence-corrected chi connectivity index (χ2v) is 9.01. The van der Waals surface area contributed by atoms with Gasteiger partial charge in [-0.25, -0.2) is 18.4 Å². The summed E-state index contributed by atoms with van der Waals surface area (Å²) in [5, 5.41) is 9.03. The van der Waals surface area contributed by atoms with Gasteiger partial charge < -0.3 is 4.74 Å². The van der Waals surface area contributed by atoms with Gasteiger partial charge in [-0.05, 0) is 25.0 Å². The molecular weight excluding hydrogens is 372 g/mol. The average molecular weight is 385 g/mol. The molecule has 126 valence electrons. The van der Waals surface area contributed by atoms with Crippen LogP contribution in [0.2, 0.25) is 4.34 Å². The zero-order chi connectivity index (χ0) is 17.2. The van der Waals surface area contributed by atoms with E-state index in [-0.39, 0.29) is 28.4 Å². The van der Waals surface area contributed by atoms with Crippen LogP contribution < -0.4 is 4.74 Å². The highest BCUT2D eigenvalue weighted by molar-refractivity contribution is 7.91. The van der Waals surface area contributed by atoms with Gasteiger partial charge in [-0.15, -0.1) is 11.3 Å². The third-order valence-electron chi connectivity index (χ3n) is 3.53. The van der Waals surface area contributed by atoms with Crippen LogP contribution in [0, 0.1) is 11.3 Å². The normalized spacial score (nSPS) is 18.9. The van der Waals surface area contributed by atoms with Crippen molar-refractivity contribution in [3.63, 3.8) is 0 Å². The Balaban J connectivity index is 1.76. The van der Waals surface area contributed by atoms with Crippen molar-refractivity contribution in [1.29, 1.82) is 5.26 Å². The second-order valence-electron chi connectivity index (χ2n) is 5.13. The first-order valence-electron chi connectivity index (χ1n) is 7.14. The number of sulfonamides is 1. The number of hydrogen-bond donors (Lipinski definition) is 0. The third-order valence-corrected chi connectivity index (χ3v) is 7.10. The molecule has 2 aromatic heterocycles. The quantitative estimate of drug-likeness (QED) is 0.802. The predicted octanol–water partition coefficient (Wildman–Crippen LogP) is 2.30. The van der Waals surface area contributed by atoms with Crippen molar-refractivity contribution in [2.75, 3.05) is 13.1 Å². The fourth-order valence-electron chi connectivity index (χ4n) is 2.43. The van der Waals surface area contributed by atoms with Crippen molar-refractivity contribution in [1.82, 2.24) is 14.3 Å². The lowest BCUT2D eigenvalue weighted by Crippen LogP contribution is -2.44. The molecule has 1 saturated heterocycles. The molecule has 1 fully saturated rings. The summed E-state index contributed by atoms with van der Waals surface area (Å²) in [5.41, 5.74) is 0.0857. The molecule has 0 radical (unpaired) electrons. The zero-order valence-corrected chi connectivity index (χ0v) is 14.8. The van der Waals surface area contributed by atoms with Gasteiger partial charge in [0, 0.05) is 18.9 Å². The molecule has 1 aliphatic heterocycles.